The maximum atomic E-state index is 13.1. The van der Waals surface area contributed by atoms with Crippen LogP contribution in [0.2, 0.25) is 0 Å². The lowest BCUT2D eigenvalue weighted by atomic mass is 10.1. The maximum absolute atomic E-state index is 13.1. The highest BCUT2D eigenvalue weighted by molar-refractivity contribution is 5.81. The number of rotatable bonds is 6. The van der Waals surface area contributed by atoms with Crippen LogP contribution in [0, 0.1) is 11.6 Å². The summed E-state index contributed by atoms with van der Waals surface area (Å²) in [5, 5.41) is 3.00. The predicted molar refractivity (Wildman–Crippen MR) is 76.4 cm³/mol. The Morgan fingerprint density at radius 3 is 2.29 bits per heavy atom. The Balaban J connectivity index is 1.98. The van der Waals surface area contributed by atoms with Gasteiger partial charge in [-0.3, -0.25) is 4.79 Å². The van der Waals surface area contributed by atoms with E-state index < -0.39 is 23.6 Å². The van der Waals surface area contributed by atoms with Gasteiger partial charge in [0, 0.05) is 12.6 Å². The smallest absolute Gasteiger partial charge is 0.239 e. The van der Waals surface area contributed by atoms with Crippen molar-refractivity contribution in [2.24, 2.45) is 5.73 Å². The Labute approximate surface area is 121 Å². The van der Waals surface area contributed by atoms with E-state index in [1.807, 2.05) is 18.2 Å². The highest BCUT2D eigenvalue weighted by Crippen LogP contribution is 2.13. The second kappa shape index (κ2) is 6.95. The van der Waals surface area contributed by atoms with Gasteiger partial charge >= 0.3 is 0 Å². The molecule has 0 aliphatic heterocycles. The summed E-state index contributed by atoms with van der Waals surface area (Å²) in [5.74, 6) is -1.72. The molecule has 0 spiro atoms. The number of hydrogen-bond acceptors (Lipinski definition) is 2. The fourth-order valence-electron chi connectivity index (χ4n) is 2.14. The highest BCUT2D eigenvalue weighted by Gasteiger charge is 2.16. The lowest BCUT2D eigenvalue weighted by Gasteiger charge is -2.15. The van der Waals surface area contributed by atoms with E-state index >= 15 is 0 Å². The molecule has 21 heavy (non-hydrogen) atoms. The van der Waals surface area contributed by atoms with Crippen LogP contribution in [0.3, 0.4) is 0 Å². The van der Waals surface area contributed by atoms with Crippen molar-refractivity contribution in [3.05, 3.63) is 71.3 Å². The summed E-state index contributed by atoms with van der Waals surface area (Å²) >= 11 is 0. The largest absolute Gasteiger partial charge is 0.368 e. The van der Waals surface area contributed by atoms with Gasteiger partial charge in [-0.05, 0) is 29.7 Å². The van der Waals surface area contributed by atoms with Crippen molar-refractivity contribution in [1.29, 1.82) is 0 Å². The summed E-state index contributed by atoms with van der Waals surface area (Å²) in [7, 11) is 0. The normalized spacial score (nSPS) is 12.1. The molecule has 0 aliphatic carbocycles. The summed E-state index contributed by atoms with van der Waals surface area (Å²) < 4.78 is 26.1. The summed E-state index contributed by atoms with van der Waals surface area (Å²) in [4.78, 5) is 11.5. The monoisotopic (exact) mass is 290 g/mol. The first kappa shape index (κ1) is 15.1. The lowest BCUT2D eigenvalue weighted by molar-refractivity contribution is -0.120. The molecule has 0 unspecified atom stereocenters. The van der Waals surface area contributed by atoms with Crippen molar-refractivity contribution in [3.63, 3.8) is 0 Å². The first-order valence-electron chi connectivity index (χ1n) is 6.59. The Bertz CT molecular complexity index is 597. The van der Waals surface area contributed by atoms with Gasteiger partial charge in [0.1, 0.15) is 17.7 Å². The van der Waals surface area contributed by atoms with Crippen LogP contribution in [-0.2, 0) is 11.2 Å². The van der Waals surface area contributed by atoms with E-state index in [1.54, 1.807) is 12.1 Å². The Kier molecular flexibility index (Phi) is 5.00. The molecule has 2 aromatic rings. The SMILES string of the molecule is NC(=O)[C@H](NCCc1cc(F)cc(F)c1)c1ccccc1. The van der Waals surface area contributed by atoms with Crippen molar-refractivity contribution in [1.82, 2.24) is 5.32 Å². The molecule has 0 saturated carbocycles. The van der Waals surface area contributed by atoms with Crippen molar-refractivity contribution in [3.8, 4) is 0 Å². The van der Waals surface area contributed by atoms with Gasteiger partial charge in [0.2, 0.25) is 5.91 Å². The zero-order valence-electron chi connectivity index (χ0n) is 11.4. The van der Waals surface area contributed by atoms with Crippen LogP contribution >= 0.6 is 0 Å². The third kappa shape index (κ3) is 4.36. The minimum absolute atomic E-state index is 0.380. The number of hydrogen-bond donors (Lipinski definition) is 2. The van der Waals surface area contributed by atoms with Gasteiger partial charge in [-0.25, -0.2) is 8.78 Å². The van der Waals surface area contributed by atoms with E-state index in [2.05, 4.69) is 5.32 Å². The molecule has 5 heteroatoms. The molecule has 1 amide bonds. The highest BCUT2D eigenvalue weighted by atomic mass is 19.1. The van der Waals surface area contributed by atoms with E-state index in [1.165, 1.54) is 12.1 Å². The Morgan fingerprint density at radius 1 is 1.10 bits per heavy atom. The number of halogens is 2. The minimum Gasteiger partial charge on any atom is -0.368 e. The molecule has 0 aliphatic rings. The standard InChI is InChI=1S/C16H16F2N2O/c17-13-8-11(9-14(18)10-13)6-7-20-15(16(19)21)12-4-2-1-3-5-12/h1-5,8-10,15,20H,6-7H2,(H2,19,21)/t15-/m1/s1. The van der Waals surface area contributed by atoms with Crippen LogP contribution in [0.25, 0.3) is 0 Å². The number of nitrogens with one attached hydrogen (secondary N) is 1. The van der Waals surface area contributed by atoms with Crippen molar-refractivity contribution in [2.75, 3.05) is 6.54 Å². The molecule has 0 radical (unpaired) electrons. The van der Waals surface area contributed by atoms with Crippen LogP contribution in [0.5, 0.6) is 0 Å². The van der Waals surface area contributed by atoms with Crippen molar-refractivity contribution >= 4 is 5.91 Å². The second-order valence-electron chi connectivity index (χ2n) is 4.73. The van der Waals surface area contributed by atoms with Gasteiger partial charge in [-0.2, -0.15) is 0 Å². The lowest BCUT2D eigenvalue weighted by Crippen LogP contribution is -2.34. The van der Waals surface area contributed by atoms with Crippen LogP contribution in [0.4, 0.5) is 8.78 Å². The molecule has 3 nitrogen and oxygen atoms in total. The average Bonchev–Trinajstić information content (AvgIpc) is 2.43. The molecule has 2 rings (SSSR count). The van der Waals surface area contributed by atoms with Gasteiger partial charge in [0.15, 0.2) is 0 Å². The van der Waals surface area contributed by atoms with Gasteiger partial charge in [0.05, 0.1) is 0 Å². The van der Waals surface area contributed by atoms with Crippen LogP contribution < -0.4 is 11.1 Å². The number of carbonyl (C=O) groups is 1. The third-order valence-corrected chi connectivity index (χ3v) is 3.10. The third-order valence-electron chi connectivity index (χ3n) is 3.10. The second-order valence-corrected chi connectivity index (χ2v) is 4.73. The number of primary amides is 1. The van der Waals surface area contributed by atoms with E-state index in [-0.39, 0.29) is 0 Å². The topological polar surface area (TPSA) is 55.1 Å². The summed E-state index contributed by atoms with van der Waals surface area (Å²) in [5.41, 5.74) is 6.66. The molecular weight excluding hydrogens is 274 g/mol. The molecule has 3 N–H and O–H groups in total. The van der Waals surface area contributed by atoms with E-state index in [0.717, 1.165) is 11.6 Å². The zero-order valence-corrected chi connectivity index (χ0v) is 11.4. The molecule has 0 heterocycles. The van der Waals surface area contributed by atoms with Crippen molar-refractivity contribution < 1.29 is 13.6 Å². The Hall–Kier alpha value is -2.27. The maximum Gasteiger partial charge on any atom is 0.239 e. The Morgan fingerprint density at radius 2 is 1.71 bits per heavy atom. The fraction of sp³-hybridized carbons (Fsp3) is 0.188. The minimum atomic E-state index is -0.621. The number of nitrogens with two attached hydrogens (primary N) is 1. The molecular formula is C16H16F2N2O. The number of amides is 1. The molecule has 110 valence electrons. The number of benzene rings is 2. The molecule has 2 aromatic carbocycles. The summed E-state index contributed by atoms with van der Waals surface area (Å²) in [6.45, 7) is 0.380. The van der Waals surface area contributed by atoms with E-state index in [9.17, 15) is 13.6 Å². The van der Waals surface area contributed by atoms with Gasteiger partial charge in [-0.1, -0.05) is 30.3 Å². The van der Waals surface area contributed by atoms with Crippen LogP contribution in [0.1, 0.15) is 17.2 Å². The van der Waals surface area contributed by atoms with E-state index in [0.29, 0.717) is 18.5 Å². The quantitative estimate of drug-likeness (QED) is 0.858. The van der Waals surface area contributed by atoms with Gasteiger partial charge in [0.25, 0.3) is 0 Å². The van der Waals surface area contributed by atoms with Crippen LogP contribution in [-0.4, -0.2) is 12.5 Å². The first-order chi connectivity index (χ1) is 10.1. The van der Waals surface area contributed by atoms with Gasteiger partial charge < -0.3 is 11.1 Å². The molecule has 1 atom stereocenters. The van der Waals surface area contributed by atoms with E-state index in [4.69, 9.17) is 5.73 Å². The first-order valence-corrected chi connectivity index (χ1v) is 6.59. The molecule has 0 fully saturated rings. The zero-order chi connectivity index (χ0) is 15.2. The van der Waals surface area contributed by atoms with Crippen molar-refractivity contribution in [2.45, 2.75) is 12.5 Å². The summed E-state index contributed by atoms with van der Waals surface area (Å²) in [6, 6.07) is 11.8. The molecule has 0 aromatic heterocycles. The molecule has 0 bridgehead atoms. The predicted octanol–water partition coefficient (Wildman–Crippen LogP) is 2.32. The number of carbonyl (C=O) groups excluding carboxylic acids is 1. The summed E-state index contributed by atoms with van der Waals surface area (Å²) in [6.07, 6.45) is 0.394. The average molecular weight is 290 g/mol. The fourth-order valence-corrected chi connectivity index (χ4v) is 2.14. The molecule has 0 saturated heterocycles. The van der Waals surface area contributed by atoms with Crippen LogP contribution in [0.15, 0.2) is 48.5 Å². The van der Waals surface area contributed by atoms with Gasteiger partial charge in [-0.15, -0.1) is 0 Å².